The number of nitrogens with zero attached hydrogens (tertiary/aromatic N) is 2. The summed E-state index contributed by atoms with van der Waals surface area (Å²) in [6.07, 6.45) is 0. The summed E-state index contributed by atoms with van der Waals surface area (Å²) in [6.45, 7) is 0. The summed E-state index contributed by atoms with van der Waals surface area (Å²) in [4.78, 5) is 4.47. The fourth-order valence-electron chi connectivity index (χ4n) is 2.42. The van der Waals surface area contributed by atoms with Crippen LogP contribution in [0.15, 0.2) is 47.0 Å². The third-order valence-corrected chi connectivity index (χ3v) is 4.73. The van der Waals surface area contributed by atoms with Gasteiger partial charge in [0, 0.05) is 11.8 Å². The standard InChI is InChI=1S/C19H20N2O4S/c1-22-14-6-4-5-13(9-14)11-26-12-18-20-19(21-25-18)16-8-7-15(23-2)10-17(16)24-3/h4-10H,11-12H2,1-3H3. The van der Waals surface area contributed by atoms with Crippen molar-refractivity contribution in [2.75, 3.05) is 21.3 Å². The fraction of sp³-hybridized carbons (Fsp3) is 0.263. The van der Waals surface area contributed by atoms with Gasteiger partial charge in [0.2, 0.25) is 11.7 Å². The summed E-state index contributed by atoms with van der Waals surface area (Å²) in [5.41, 5.74) is 1.95. The third kappa shape index (κ3) is 4.29. The Labute approximate surface area is 156 Å². The van der Waals surface area contributed by atoms with Crippen LogP contribution in [-0.2, 0) is 11.5 Å². The number of methoxy groups -OCH3 is 3. The molecule has 0 N–H and O–H groups in total. The normalized spacial score (nSPS) is 10.6. The van der Waals surface area contributed by atoms with Crippen LogP contribution in [0.2, 0.25) is 0 Å². The molecule has 0 aliphatic rings. The van der Waals surface area contributed by atoms with E-state index in [2.05, 4.69) is 16.2 Å². The average Bonchev–Trinajstić information content (AvgIpc) is 3.16. The van der Waals surface area contributed by atoms with Crippen LogP contribution in [0.5, 0.6) is 17.2 Å². The molecule has 26 heavy (non-hydrogen) atoms. The van der Waals surface area contributed by atoms with Gasteiger partial charge in [-0.25, -0.2) is 0 Å². The zero-order chi connectivity index (χ0) is 18.4. The average molecular weight is 372 g/mol. The second-order valence-electron chi connectivity index (χ2n) is 5.42. The first-order valence-corrected chi connectivity index (χ1v) is 9.14. The van der Waals surface area contributed by atoms with Gasteiger partial charge < -0.3 is 18.7 Å². The number of thioether (sulfide) groups is 1. The molecule has 0 amide bonds. The third-order valence-electron chi connectivity index (χ3n) is 3.75. The second kappa shape index (κ2) is 8.62. The van der Waals surface area contributed by atoms with Crippen molar-refractivity contribution in [1.82, 2.24) is 10.1 Å². The highest BCUT2D eigenvalue weighted by molar-refractivity contribution is 7.97. The molecule has 6 nitrogen and oxygen atoms in total. The predicted octanol–water partition coefficient (Wildman–Crippen LogP) is 4.20. The molecule has 7 heteroatoms. The van der Waals surface area contributed by atoms with Gasteiger partial charge in [-0.1, -0.05) is 17.3 Å². The molecule has 2 aromatic carbocycles. The van der Waals surface area contributed by atoms with Gasteiger partial charge in [0.15, 0.2) is 0 Å². The molecule has 0 fully saturated rings. The number of ether oxygens (including phenoxy) is 3. The maximum Gasteiger partial charge on any atom is 0.236 e. The lowest BCUT2D eigenvalue weighted by molar-refractivity contribution is 0.388. The number of hydrogen-bond donors (Lipinski definition) is 0. The highest BCUT2D eigenvalue weighted by Crippen LogP contribution is 2.32. The minimum atomic E-state index is 0.501. The Morgan fingerprint density at radius 3 is 2.50 bits per heavy atom. The molecule has 136 valence electrons. The SMILES string of the molecule is COc1cccc(CSCc2nc(-c3ccc(OC)cc3OC)no2)c1. The molecule has 1 aromatic heterocycles. The Kier molecular flexibility index (Phi) is 6.01. The minimum absolute atomic E-state index is 0.501. The zero-order valence-electron chi connectivity index (χ0n) is 14.9. The molecule has 0 bridgehead atoms. The highest BCUT2D eigenvalue weighted by Gasteiger charge is 2.14. The Hall–Kier alpha value is -2.67. The van der Waals surface area contributed by atoms with Crippen molar-refractivity contribution in [3.8, 4) is 28.6 Å². The van der Waals surface area contributed by atoms with Gasteiger partial charge in [-0.05, 0) is 29.8 Å². The van der Waals surface area contributed by atoms with E-state index in [1.54, 1.807) is 39.2 Å². The Bertz CT molecular complexity index is 866. The summed E-state index contributed by atoms with van der Waals surface area (Å²) in [5.74, 6) is 4.75. The summed E-state index contributed by atoms with van der Waals surface area (Å²) < 4.78 is 21.2. The van der Waals surface area contributed by atoms with Crippen molar-refractivity contribution in [3.63, 3.8) is 0 Å². The van der Waals surface area contributed by atoms with E-state index in [0.29, 0.717) is 29.0 Å². The van der Waals surface area contributed by atoms with E-state index in [1.165, 1.54) is 5.56 Å². The fourth-order valence-corrected chi connectivity index (χ4v) is 3.23. The quantitative estimate of drug-likeness (QED) is 0.587. The van der Waals surface area contributed by atoms with Crippen LogP contribution < -0.4 is 14.2 Å². The molecule has 0 saturated carbocycles. The number of aromatic nitrogens is 2. The maximum absolute atomic E-state index is 5.39. The first-order valence-electron chi connectivity index (χ1n) is 7.99. The molecule has 3 aromatic rings. The number of hydrogen-bond acceptors (Lipinski definition) is 7. The van der Waals surface area contributed by atoms with Gasteiger partial charge in [0.05, 0.1) is 32.6 Å². The van der Waals surface area contributed by atoms with Crippen LogP contribution in [0.25, 0.3) is 11.4 Å². The van der Waals surface area contributed by atoms with Gasteiger partial charge in [0.1, 0.15) is 17.2 Å². The molecule has 0 aliphatic heterocycles. The molecule has 0 saturated heterocycles. The van der Waals surface area contributed by atoms with Crippen LogP contribution in [-0.4, -0.2) is 31.5 Å². The molecule has 3 rings (SSSR count). The van der Waals surface area contributed by atoms with E-state index in [-0.39, 0.29) is 0 Å². The van der Waals surface area contributed by atoms with Crippen LogP contribution in [0.1, 0.15) is 11.5 Å². The predicted molar refractivity (Wildman–Crippen MR) is 101 cm³/mol. The van der Waals surface area contributed by atoms with Crippen molar-refractivity contribution >= 4 is 11.8 Å². The second-order valence-corrected chi connectivity index (χ2v) is 6.41. The van der Waals surface area contributed by atoms with E-state index in [0.717, 1.165) is 17.1 Å². The van der Waals surface area contributed by atoms with Crippen molar-refractivity contribution in [3.05, 3.63) is 53.9 Å². The van der Waals surface area contributed by atoms with Crippen LogP contribution in [0.4, 0.5) is 0 Å². The van der Waals surface area contributed by atoms with Crippen molar-refractivity contribution in [2.24, 2.45) is 0 Å². The molecule has 1 heterocycles. The van der Waals surface area contributed by atoms with E-state index < -0.39 is 0 Å². The van der Waals surface area contributed by atoms with Crippen LogP contribution in [0.3, 0.4) is 0 Å². The topological polar surface area (TPSA) is 66.6 Å². The number of rotatable bonds is 8. The lowest BCUT2D eigenvalue weighted by Crippen LogP contribution is -1.92. The molecule has 0 unspecified atom stereocenters. The Balaban J connectivity index is 1.64. The summed E-state index contributed by atoms with van der Waals surface area (Å²) in [6, 6.07) is 13.5. The maximum atomic E-state index is 5.39. The van der Waals surface area contributed by atoms with Gasteiger partial charge in [-0.3, -0.25) is 0 Å². The lowest BCUT2D eigenvalue weighted by atomic mass is 10.2. The summed E-state index contributed by atoms with van der Waals surface area (Å²) >= 11 is 1.70. The van der Waals surface area contributed by atoms with Gasteiger partial charge >= 0.3 is 0 Å². The minimum Gasteiger partial charge on any atom is -0.497 e. The van der Waals surface area contributed by atoms with E-state index in [1.807, 2.05) is 30.3 Å². The first-order chi connectivity index (χ1) is 12.7. The molecule has 0 spiro atoms. The summed E-state index contributed by atoms with van der Waals surface area (Å²) in [7, 11) is 4.88. The van der Waals surface area contributed by atoms with E-state index in [9.17, 15) is 0 Å². The van der Waals surface area contributed by atoms with Crippen molar-refractivity contribution in [2.45, 2.75) is 11.5 Å². The van der Waals surface area contributed by atoms with Crippen LogP contribution in [0, 0.1) is 0 Å². The molecule has 0 radical (unpaired) electrons. The zero-order valence-corrected chi connectivity index (χ0v) is 15.7. The first kappa shape index (κ1) is 18.1. The number of benzene rings is 2. The van der Waals surface area contributed by atoms with Gasteiger partial charge in [-0.2, -0.15) is 4.98 Å². The van der Waals surface area contributed by atoms with Crippen molar-refractivity contribution in [1.29, 1.82) is 0 Å². The van der Waals surface area contributed by atoms with E-state index in [4.69, 9.17) is 18.7 Å². The summed E-state index contributed by atoms with van der Waals surface area (Å²) in [5, 5.41) is 4.06. The largest absolute Gasteiger partial charge is 0.497 e. The molecule has 0 atom stereocenters. The molecular formula is C19H20N2O4S. The van der Waals surface area contributed by atoms with Crippen molar-refractivity contribution < 1.29 is 18.7 Å². The highest BCUT2D eigenvalue weighted by atomic mass is 32.2. The van der Waals surface area contributed by atoms with Crippen LogP contribution >= 0.6 is 11.8 Å². The molecule has 0 aliphatic carbocycles. The monoisotopic (exact) mass is 372 g/mol. The smallest absolute Gasteiger partial charge is 0.236 e. The molecular weight excluding hydrogens is 352 g/mol. The Morgan fingerprint density at radius 2 is 1.73 bits per heavy atom. The van der Waals surface area contributed by atoms with Gasteiger partial charge in [-0.15, -0.1) is 11.8 Å². The van der Waals surface area contributed by atoms with E-state index >= 15 is 0 Å². The Morgan fingerprint density at radius 1 is 0.923 bits per heavy atom. The van der Waals surface area contributed by atoms with Gasteiger partial charge in [0.25, 0.3) is 0 Å². The lowest BCUT2D eigenvalue weighted by Gasteiger charge is -2.07.